The molecule has 1 aliphatic heterocycles. The second-order valence-corrected chi connectivity index (χ2v) is 7.49. The van der Waals surface area contributed by atoms with Gasteiger partial charge in [-0.2, -0.15) is 5.10 Å². The molecule has 2 amide bonds. The van der Waals surface area contributed by atoms with Crippen molar-refractivity contribution in [2.45, 2.75) is 26.7 Å². The van der Waals surface area contributed by atoms with E-state index in [9.17, 15) is 14.0 Å². The van der Waals surface area contributed by atoms with Gasteiger partial charge >= 0.3 is 0 Å². The molecule has 1 saturated heterocycles. The first-order valence-electron chi connectivity index (χ1n) is 10.1. The molecule has 0 spiro atoms. The summed E-state index contributed by atoms with van der Waals surface area (Å²) < 4.78 is 14.9. The number of carbonyl (C=O) groups excluding carboxylic acids is 2. The van der Waals surface area contributed by atoms with Gasteiger partial charge in [-0.3, -0.25) is 9.59 Å². The second kappa shape index (κ2) is 8.55. The van der Waals surface area contributed by atoms with Gasteiger partial charge in [-0.25, -0.2) is 9.07 Å². The van der Waals surface area contributed by atoms with Gasteiger partial charge in [-0.05, 0) is 68.8 Å². The third-order valence-corrected chi connectivity index (χ3v) is 5.32. The van der Waals surface area contributed by atoms with Crippen LogP contribution < -0.4 is 10.2 Å². The number of amides is 2. The smallest absolute Gasteiger partial charge is 0.248 e. The lowest BCUT2D eigenvalue weighted by Crippen LogP contribution is -2.23. The first-order chi connectivity index (χ1) is 14.9. The van der Waals surface area contributed by atoms with Crippen LogP contribution in [0.2, 0.25) is 0 Å². The van der Waals surface area contributed by atoms with Crippen LogP contribution in [0.5, 0.6) is 0 Å². The van der Waals surface area contributed by atoms with E-state index in [0.29, 0.717) is 18.7 Å². The van der Waals surface area contributed by atoms with Gasteiger partial charge in [0.1, 0.15) is 5.82 Å². The van der Waals surface area contributed by atoms with Crippen molar-refractivity contribution in [1.29, 1.82) is 0 Å². The molecule has 1 aliphatic rings. The first kappa shape index (κ1) is 20.5. The van der Waals surface area contributed by atoms with Gasteiger partial charge in [0.15, 0.2) is 0 Å². The Hall–Kier alpha value is -3.74. The Morgan fingerprint density at radius 1 is 1.13 bits per heavy atom. The maximum absolute atomic E-state index is 13.2. The fourth-order valence-electron chi connectivity index (χ4n) is 3.75. The molecule has 1 fully saturated rings. The predicted octanol–water partition coefficient (Wildman–Crippen LogP) is 4.41. The van der Waals surface area contributed by atoms with Crippen LogP contribution in [-0.4, -0.2) is 28.1 Å². The summed E-state index contributed by atoms with van der Waals surface area (Å²) in [5, 5.41) is 7.35. The SMILES string of the molecule is Cc1nn(-c2ccc(F)cc2)c(C)c1/C=C/C(=O)Nc1cccc(N2CCCC2=O)c1. The summed E-state index contributed by atoms with van der Waals surface area (Å²) in [6, 6.07) is 13.4. The molecule has 158 valence electrons. The van der Waals surface area contributed by atoms with Crippen LogP contribution in [0.4, 0.5) is 15.8 Å². The van der Waals surface area contributed by atoms with Crippen molar-refractivity contribution in [2.24, 2.45) is 0 Å². The molecule has 2 aromatic carbocycles. The van der Waals surface area contributed by atoms with E-state index in [1.54, 1.807) is 39.9 Å². The zero-order valence-electron chi connectivity index (χ0n) is 17.4. The largest absolute Gasteiger partial charge is 0.322 e. The molecule has 4 rings (SSSR count). The summed E-state index contributed by atoms with van der Waals surface area (Å²) in [5.41, 5.74) is 4.61. The van der Waals surface area contributed by atoms with Gasteiger partial charge in [0.25, 0.3) is 0 Å². The fraction of sp³-hybridized carbons (Fsp3) is 0.208. The molecule has 0 saturated carbocycles. The lowest BCUT2D eigenvalue weighted by Gasteiger charge is -2.16. The number of halogens is 1. The highest BCUT2D eigenvalue weighted by Crippen LogP contribution is 2.24. The molecule has 0 aliphatic carbocycles. The molecule has 0 radical (unpaired) electrons. The van der Waals surface area contributed by atoms with E-state index >= 15 is 0 Å². The number of hydrogen-bond donors (Lipinski definition) is 1. The van der Waals surface area contributed by atoms with Crippen molar-refractivity contribution in [3.63, 3.8) is 0 Å². The maximum atomic E-state index is 13.2. The molecule has 7 heteroatoms. The van der Waals surface area contributed by atoms with Crippen molar-refractivity contribution in [2.75, 3.05) is 16.8 Å². The Balaban J connectivity index is 1.49. The van der Waals surface area contributed by atoms with Crippen LogP contribution >= 0.6 is 0 Å². The summed E-state index contributed by atoms with van der Waals surface area (Å²) in [6.07, 6.45) is 4.59. The van der Waals surface area contributed by atoms with Crippen LogP contribution in [0.3, 0.4) is 0 Å². The second-order valence-electron chi connectivity index (χ2n) is 7.49. The third kappa shape index (κ3) is 4.40. The van der Waals surface area contributed by atoms with Crippen molar-refractivity contribution in [1.82, 2.24) is 9.78 Å². The highest BCUT2D eigenvalue weighted by atomic mass is 19.1. The summed E-state index contributed by atoms with van der Waals surface area (Å²) in [7, 11) is 0. The number of aryl methyl sites for hydroxylation is 1. The Morgan fingerprint density at radius 3 is 2.61 bits per heavy atom. The molecule has 0 atom stereocenters. The quantitative estimate of drug-likeness (QED) is 0.624. The summed E-state index contributed by atoms with van der Waals surface area (Å²) in [4.78, 5) is 26.2. The molecular formula is C24H23FN4O2. The van der Waals surface area contributed by atoms with Crippen molar-refractivity contribution in [3.8, 4) is 5.69 Å². The number of hydrogen-bond acceptors (Lipinski definition) is 3. The lowest BCUT2D eigenvalue weighted by molar-refractivity contribution is -0.117. The molecule has 3 aromatic rings. The fourth-order valence-corrected chi connectivity index (χ4v) is 3.75. The minimum Gasteiger partial charge on any atom is -0.322 e. The van der Waals surface area contributed by atoms with Crippen molar-refractivity contribution < 1.29 is 14.0 Å². The number of rotatable bonds is 5. The highest BCUT2D eigenvalue weighted by Gasteiger charge is 2.21. The molecule has 6 nitrogen and oxygen atoms in total. The minimum absolute atomic E-state index is 0.104. The van der Waals surface area contributed by atoms with E-state index in [1.165, 1.54) is 18.2 Å². The molecule has 2 heterocycles. The van der Waals surface area contributed by atoms with Gasteiger partial charge in [0.2, 0.25) is 11.8 Å². The molecule has 1 aromatic heterocycles. The van der Waals surface area contributed by atoms with Gasteiger partial charge in [-0.1, -0.05) is 6.07 Å². The Kier molecular flexibility index (Phi) is 5.66. The van der Waals surface area contributed by atoms with Gasteiger partial charge < -0.3 is 10.2 Å². The predicted molar refractivity (Wildman–Crippen MR) is 119 cm³/mol. The van der Waals surface area contributed by atoms with Crippen LogP contribution in [0.15, 0.2) is 54.6 Å². The number of anilines is 2. The van der Waals surface area contributed by atoms with Crippen LogP contribution in [-0.2, 0) is 9.59 Å². The summed E-state index contributed by atoms with van der Waals surface area (Å²) >= 11 is 0. The summed E-state index contributed by atoms with van der Waals surface area (Å²) in [5.74, 6) is -0.481. The van der Waals surface area contributed by atoms with Gasteiger partial charge in [0.05, 0.1) is 11.4 Å². The number of nitrogens with one attached hydrogen (secondary N) is 1. The number of aromatic nitrogens is 2. The zero-order chi connectivity index (χ0) is 22.0. The highest BCUT2D eigenvalue weighted by molar-refractivity contribution is 6.03. The van der Waals surface area contributed by atoms with E-state index in [4.69, 9.17) is 0 Å². The van der Waals surface area contributed by atoms with Crippen molar-refractivity contribution in [3.05, 3.63) is 77.4 Å². The maximum Gasteiger partial charge on any atom is 0.248 e. The molecule has 1 N–H and O–H groups in total. The van der Waals surface area contributed by atoms with E-state index < -0.39 is 0 Å². The third-order valence-electron chi connectivity index (χ3n) is 5.32. The topological polar surface area (TPSA) is 67.2 Å². The zero-order valence-corrected chi connectivity index (χ0v) is 17.4. The summed E-state index contributed by atoms with van der Waals surface area (Å²) in [6.45, 7) is 4.46. The first-order valence-corrected chi connectivity index (χ1v) is 10.1. The van der Waals surface area contributed by atoms with Gasteiger partial charge in [-0.15, -0.1) is 0 Å². The Bertz CT molecular complexity index is 1160. The van der Waals surface area contributed by atoms with E-state index in [-0.39, 0.29) is 17.6 Å². The van der Waals surface area contributed by atoms with Crippen LogP contribution in [0.1, 0.15) is 29.8 Å². The molecule has 31 heavy (non-hydrogen) atoms. The van der Waals surface area contributed by atoms with Gasteiger partial charge in [0, 0.05) is 41.7 Å². The van der Waals surface area contributed by atoms with E-state index in [0.717, 1.165) is 34.7 Å². The number of benzene rings is 2. The molecule has 0 unspecified atom stereocenters. The van der Waals surface area contributed by atoms with Crippen LogP contribution in [0, 0.1) is 19.7 Å². The normalized spacial score (nSPS) is 13.9. The molecule has 0 bridgehead atoms. The number of carbonyl (C=O) groups is 2. The minimum atomic E-state index is -0.305. The average Bonchev–Trinajstić information content (AvgIpc) is 3.30. The number of nitrogens with zero attached hydrogens (tertiary/aromatic N) is 3. The standard InChI is InChI=1S/C24H23FN4O2/c1-16-22(17(2)29(27-16)20-10-8-18(25)9-11-20)12-13-23(30)26-19-5-3-6-21(15-19)28-14-4-7-24(28)31/h3,5-6,8-13,15H,4,7,14H2,1-2H3,(H,26,30)/b13-12+. The Labute approximate surface area is 180 Å². The monoisotopic (exact) mass is 418 g/mol. The lowest BCUT2D eigenvalue weighted by atomic mass is 10.1. The average molecular weight is 418 g/mol. The van der Waals surface area contributed by atoms with E-state index in [2.05, 4.69) is 10.4 Å². The Morgan fingerprint density at radius 2 is 1.90 bits per heavy atom. The molecular weight excluding hydrogens is 395 g/mol. The van der Waals surface area contributed by atoms with Crippen molar-refractivity contribution >= 4 is 29.3 Å². The van der Waals surface area contributed by atoms with Crippen LogP contribution in [0.25, 0.3) is 11.8 Å². The van der Waals surface area contributed by atoms with E-state index in [1.807, 2.05) is 26.0 Å².